The maximum Gasteiger partial charge on any atom is 0.363 e. The van der Waals surface area contributed by atoms with E-state index in [-0.39, 0.29) is 49.3 Å². The van der Waals surface area contributed by atoms with Crippen LogP contribution in [0.5, 0.6) is 0 Å². The molecule has 2 aromatic rings. The molecule has 10 N–H and O–H groups in total. The Morgan fingerprint density at radius 3 is 1.62 bits per heavy atom. The van der Waals surface area contributed by atoms with Crippen LogP contribution in [-0.4, -0.2) is 133 Å². The van der Waals surface area contributed by atoms with Gasteiger partial charge in [-0.05, 0) is 97.5 Å². The molecule has 1 fully saturated rings. The number of nitrogens with zero attached hydrogens (tertiary/aromatic N) is 1. The number of benzene rings is 2. The summed E-state index contributed by atoms with van der Waals surface area (Å²) in [6.45, 7) is 0.174. The first-order valence-electron chi connectivity index (χ1n) is 19.7. The SMILES string of the molecule is O=C(O)CC[C@@H](NC(=O)[C@@H](CCC(=O)O)NC(=O)[C@@H](CCC(O)O)NC(=O)c1cccc(C(=O)ON2C(=O)CCC2=O)c1)C(=O)N[C@H](CCCCNC(=O)c1cccc(I)c1)C(=O)O. The molecule has 4 atom stereocenters. The van der Waals surface area contributed by atoms with Gasteiger partial charge in [0.1, 0.15) is 24.2 Å². The first-order valence-corrected chi connectivity index (χ1v) is 20.8. The van der Waals surface area contributed by atoms with E-state index < -0.39 is 128 Å². The maximum atomic E-state index is 13.6. The summed E-state index contributed by atoms with van der Waals surface area (Å²) in [4.78, 5) is 143. The second-order valence-electron chi connectivity index (χ2n) is 14.3. The largest absolute Gasteiger partial charge is 0.481 e. The van der Waals surface area contributed by atoms with Gasteiger partial charge < -0.3 is 57.0 Å². The Balaban J connectivity index is 1.72. The average molecular weight is 1010 g/mol. The normalized spacial score (nSPS) is 14.1. The number of rotatable bonds is 26. The summed E-state index contributed by atoms with van der Waals surface area (Å²) in [7, 11) is 0. The number of hydrogen-bond acceptors (Lipinski definition) is 14. The van der Waals surface area contributed by atoms with E-state index in [1.54, 1.807) is 18.2 Å². The van der Waals surface area contributed by atoms with Crippen LogP contribution in [0.4, 0.5) is 0 Å². The van der Waals surface area contributed by atoms with Crippen molar-refractivity contribution in [2.24, 2.45) is 0 Å². The van der Waals surface area contributed by atoms with E-state index in [4.69, 9.17) is 4.84 Å². The number of aliphatic carboxylic acids is 3. The lowest BCUT2D eigenvalue weighted by atomic mass is 10.0. The highest BCUT2D eigenvalue weighted by molar-refractivity contribution is 14.1. The second-order valence-corrected chi connectivity index (χ2v) is 15.5. The van der Waals surface area contributed by atoms with Crippen LogP contribution < -0.4 is 26.6 Å². The van der Waals surface area contributed by atoms with Crippen molar-refractivity contribution < 1.29 is 83.1 Å². The van der Waals surface area contributed by atoms with Crippen molar-refractivity contribution in [3.63, 3.8) is 0 Å². The molecule has 0 bridgehead atoms. The van der Waals surface area contributed by atoms with Gasteiger partial charge in [0.05, 0.1) is 5.56 Å². The van der Waals surface area contributed by atoms with Crippen molar-refractivity contribution >= 4 is 87.8 Å². The molecule has 24 heteroatoms. The van der Waals surface area contributed by atoms with Crippen molar-refractivity contribution in [1.82, 2.24) is 31.6 Å². The fourth-order valence-corrected chi connectivity index (χ4v) is 6.50. The van der Waals surface area contributed by atoms with E-state index in [9.17, 15) is 78.3 Å². The molecule has 0 radical (unpaired) electrons. The third-order valence-electron chi connectivity index (χ3n) is 9.34. The van der Waals surface area contributed by atoms with E-state index in [0.29, 0.717) is 17.0 Å². The van der Waals surface area contributed by atoms with E-state index in [2.05, 4.69) is 49.2 Å². The van der Waals surface area contributed by atoms with Gasteiger partial charge in [-0.25, -0.2) is 9.59 Å². The number of imide groups is 1. The minimum atomic E-state index is -1.99. The molecule has 1 heterocycles. The molecule has 1 aliphatic rings. The summed E-state index contributed by atoms with van der Waals surface area (Å²) in [6.07, 6.45) is -5.59. The summed E-state index contributed by atoms with van der Waals surface area (Å²) in [5.74, 6) is -11.8. The van der Waals surface area contributed by atoms with Crippen molar-refractivity contribution in [3.05, 3.63) is 68.8 Å². The number of carboxylic acid groups (broad SMARTS) is 3. The van der Waals surface area contributed by atoms with E-state index >= 15 is 0 Å². The Hall–Kier alpha value is -6.54. The Kier molecular flexibility index (Phi) is 20.7. The number of carbonyl (C=O) groups is 11. The van der Waals surface area contributed by atoms with E-state index in [1.165, 1.54) is 18.2 Å². The molecule has 1 saturated heterocycles. The lowest BCUT2D eigenvalue weighted by Crippen LogP contribution is -2.58. The summed E-state index contributed by atoms with van der Waals surface area (Å²) in [5, 5.41) is 59.6. The molecular weight excluding hydrogens is 963 g/mol. The van der Waals surface area contributed by atoms with Crippen LogP contribution >= 0.6 is 22.6 Å². The molecule has 3 rings (SSSR count). The van der Waals surface area contributed by atoms with Gasteiger partial charge >= 0.3 is 23.9 Å². The monoisotopic (exact) mass is 1010 g/mol. The summed E-state index contributed by atoms with van der Waals surface area (Å²) < 4.78 is 0.845. The molecule has 1 aliphatic heterocycles. The number of amides is 7. The highest BCUT2D eigenvalue weighted by atomic mass is 127. The van der Waals surface area contributed by atoms with Gasteiger partial charge in [0, 0.05) is 53.3 Å². The Morgan fingerprint density at radius 1 is 0.609 bits per heavy atom. The Labute approximate surface area is 377 Å². The van der Waals surface area contributed by atoms with Gasteiger partial charge in [0.25, 0.3) is 23.6 Å². The van der Waals surface area contributed by atoms with Crippen LogP contribution in [0.25, 0.3) is 0 Å². The Morgan fingerprint density at radius 2 is 1.11 bits per heavy atom. The van der Waals surface area contributed by atoms with E-state index in [1.807, 2.05) is 6.07 Å². The molecule has 346 valence electrons. The molecule has 0 unspecified atom stereocenters. The smallest absolute Gasteiger partial charge is 0.363 e. The number of halogens is 1. The first kappa shape index (κ1) is 51.8. The zero-order valence-electron chi connectivity index (χ0n) is 34.0. The van der Waals surface area contributed by atoms with E-state index in [0.717, 1.165) is 9.64 Å². The first-order chi connectivity index (χ1) is 30.2. The maximum absolute atomic E-state index is 13.6. The number of carbonyl (C=O) groups excluding carboxylic acids is 8. The quantitative estimate of drug-likeness (QED) is 0.0247. The van der Waals surface area contributed by atoms with Crippen molar-refractivity contribution in [3.8, 4) is 0 Å². The van der Waals surface area contributed by atoms with Crippen LogP contribution in [0, 0.1) is 3.57 Å². The van der Waals surface area contributed by atoms with Crippen LogP contribution in [0.15, 0.2) is 48.5 Å². The molecule has 64 heavy (non-hydrogen) atoms. The third kappa shape index (κ3) is 17.3. The lowest BCUT2D eigenvalue weighted by molar-refractivity contribution is -0.172. The standard InChI is InChI=1S/C40H47IN6O17/c41-24-8-4-6-22(20-24)34(56)42-18-2-1-9-28(39(61)62)46-38(60)27(12-17-33(54)55)45-37(59)26(11-16-32(52)53)44-36(58)25(10-15-31(50)51)43-35(57)21-5-3-7-23(19-21)40(63)64-47-29(48)13-14-30(47)49/h3-8,19-20,25-28,31,50-51H,1-2,9-18H2,(H,42,56)(H,43,57)(H,44,58)(H,45,59)(H,46,60)(H,52,53)(H,54,55)(H,61,62)/t25-,26-,27-,28-/m1/s1. The van der Waals surface area contributed by atoms with Gasteiger partial charge in [-0.3, -0.25) is 43.2 Å². The van der Waals surface area contributed by atoms with Crippen LogP contribution in [0.2, 0.25) is 0 Å². The summed E-state index contributed by atoms with van der Waals surface area (Å²) in [6, 6.07) is 4.79. The summed E-state index contributed by atoms with van der Waals surface area (Å²) >= 11 is 2.05. The molecule has 0 aliphatic carbocycles. The molecule has 0 saturated carbocycles. The molecular formula is C40H47IN6O17. The zero-order chi connectivity index (χ0) is 47.5. The van der Waals surface area contributed by atoms with Crippen molar-refractivity contribution in [1.29, 1.82) is 0 Å². The molecule has 23 nitrogen and oxygen atoms in total. The molecule has 7 amide bonds. The number of aliphatic hydroxyl groups is 2. The number of nitrogens with one attached hydrogen (secondary N) is 5. The average Bonchev–Trinajstić information content (AvgIpc) is 3.56. The lowest BCUT2D eigenvalue weighted by Gasteiger charge is -2.26. The fraction of sp³-hybridized carbons (Fsp3) is 0.425. The number of aliphatic hydroxyl groups excluding tert-OH is 1. The Bertz CT molecular complexity index is 2080. The number of hydroxylamine groups is 2. The highest BCUT2D eigenvalue weighted by Crippen LogP contribution is 2.16. The van der Waals surface area contributed by atoms with Gasteiger partial charge in [-0.1, -0.05) is 12.1 Å². The van der Waals surface area contributed by atoms with Crippen LogP contribution in [0.1, 0.15) is 102 Å². The minimum absolute atomic E-state index is 0.137. The predicted octanol–water partition coefficient (Wildman–Crippen LogP) is -0.430. The van der Waals surface area contributed by atoms with Gasteiger partial charge in [0.15, 0.2) is 6.29 Å². The zero-order valence-corrected chi connectivity index (χ0v) is 36.1. The van der Waals surface area contributed by atoms with Crippen LogP contribution in [-0.2, 0) is 43.2 Å². The van der Waals surface area contributed by atoms with Gasteiger partial charge in [-0.15, -0.1) is 5.06 Å². The van der Waals surface area contributed by atoms with Gasteiger partial charge in [-0.2, -0.15) is 0 Å². The fourth-order valence-electron chi connectivity index (χ4n) is 5.96. The van der Waals surface area contributed by atoms with Crippen molar-refractivity contribution in [2.75, 3.05) is 6.54 Å². The highest BCUT2D eigenvalue weighted by Gasteiger charge is 2.34. The van der Waals surface area contributed by atoms with Gasteiger partial charge in [0.2, 0.25) is 17.7 Å². The topological polar surface area (TPSA) is 362 Å². The molecule has 2 aromatic carbocycles. The predicted molar refractivity (Wildman–Crippen MR) is 224 cm³/mol. The molecule has 0 aromatic heterocycles. The minimum Gasteiger partial charge on any atom is -0.481 e. The number of unbranched alkanes of at least 4 members (excludes halogenated alkanes) is 1. The molecule has 0 spiro atoms. The summed E-state index contributed by atoms with van der Waals surface area (Å²) in [5.41, 5.74) is -0.116. The second kappa shape index (κ2) is 25.5. The number of carboxylic acids is 3. The van der Waals surface area contributed by atoms with Crippen LogP contribution in [0.3, 0.4) is 0 Å². The number of hydrogen-bond donors (Lipinski definition) is 10. The van der Waals surface area contributed by atoms with Crippen molar-refractivity contribution in [2.45, 2.75) is 101 Å². The third-order valence-corrected chi connectivity index (χ3v) is 10.0.